The quantitative estimate of drug-likeness (QED) is 0.790. The summed E-state index contributed by atoms with van der Waals surface area (Å²) in [5, 5.41) is 0. The first kappa shape index (κ1) is 13.3. The Kier molecular flexibility index (Phi) is 4.11. The third-order valence-corrected chi connectivity index (χ3v) is 4.63. The van der Waals surface area contributed by atoms with Crippen LogP contribution in [0.5, 0.6) is 0 Å². The summed E-state index contributed by atoms with van der Waals surface area (Å²) in [5.41, 5.74) is 6.13. The van der Waals surface area contributed by atoms with Gasteiger partial charge in [-0.1, -0.05) is 20.8 Å². The van der Waals surface area contributed by atoms with Crippen molar-refractivity contribution in [2.45, 2.75) is 52.1 Å². The molecule has 0 amide bonds. The number of hydrogen-bond donors (Lipinski definition) is 1. The van der Waals surface area contributed by atoms with E-state index in [0.717, 1.165) is 25.2 Å². The maximum Gasteiger partial charge on any atom is 0.0263 e. The lowest BCUT2D eigenvalue weighted by Gasteiger charge is -2.37. The molecule has 2 fully saturated rings. The Morgan fingerprint density at radius 1 is 1.29 bits per heavy atom. The first-order chi connectivity index (χ1) is 8.07. The minimum absolute atomic E-state index is 0.252. The Balaban J connectivity index is 1.98. The van der Waals surface area contributed by atoms with Gasteiger partial charge in [0.1, 0.15) is 0 Å². The topological polar surface area (TPSA) is 32.5 Å². The lowest BCUT2D eigenvalue weighted by Crippen LogP contribution is -2.48. The molecule has 0 radical (unpaired) electrons. The second-order valence-electron chi connectivity index (χ2n) is 6.53. The molecule has 100 valence electrons. The van der Waals surface area contributed by atoms with Gasteiger partial charge in [-0.25, -0.2) is 0 Å². The highest BCUT2D eigenvalue weighted by Crippen LogP contribution is 2.32. The van der Waals surface area contributed by atoms with E-state index < -0.39 is 0 Å². The molecule has 0 saturated carbocycles. The van der Waals surface area contributed by atoms with Crippen molar-refractivity contribution in [3.05, 3.63) is 0 Å². The molecule has 0 aliphatic carbocycles. The molecule has 0 spiro atoms. The van der Waals surface area contributed by atoms with Crippen LogP contribution in [-0.2, 0) is 0 Å². The fourth-order valence-corrected chi connectivity index (χ4v) is 3.56. The molecular weight excluding hydrogens is 210 g/mol. The van der Waals surface area contributed by atoms with E-state index in [-0.39, 0.29) is 5.41 Å². The van der Waals surface area contributed by atoms with Gasteiger partial charge < -0.3 is 5.73 Å². The summed E-state index contributed by atoms with van der Waals surface area (Å²) < 4.78 is 0. The third-order valence-electron chi connectivity index (χ3n) is 4.63. The van der Waals surface area contributed by atoms with Crippen molar-refractivity contribution < 1.29 is 0 Å². The van der Waals surface area contributed by atoms with Crippen LogP contribution in [0.4, 0.5) is 0 Å². The van der Waals surface area contributed by atoms with E-state index in [1.807, 2.05) is 0 Å². The molecule has 0 aromatic rings. The zero-order valence-electron chi connectivity index (χ0n) is 11.8. The summed E-state index contributed by atoms with van der Waals surface area (Å²) >= 11 is 0. The van der Waals surface area contributed by atoms with E-state index in [0.29, 0.717) is 0 Å². The number of likely N-dealkylation sites (N-methyl/N-ethyl adjacent to an activating group) is 1. The number of hydrogen-bond acceptors (Lipinski definition) is 3. The van der Waals surface area contributed by atoms with Gasteiger partial charge in [0, 0.05) is 25.2 Å². The first-order valence-electron chi connectivity index (χ1n) is 7.25. The van der Waals surface area contributed by atoms with Gasteiger partial charge in [0.05, 0.1) is 0 Å². The molecule has 2 N–H and O–H groups in total. The van der Waals surface area contributed by atoms with Crippen molar-refractivity contribution in [3.63, 3.8) is 0 Å². The summed E-state index contributed by atoms with van der Waals surface area (Å²) in [6.07, 6.45) is 4.17. The predicted octanol–water partition coefficient (Wildman–Crippen LogP) is 1.53. The van der Waals surface area contributed by atoms with Gasteiger partial charge in [-0.3, -0.25) is 9.80 Å². The van der Waals surface area contributed by atoms with Crippen LogP contribution in [0.25, 0.3) is 0 Å². The second-order valence-corrected chi connectivity index (χ2v) is 6.53. The minimum Gasteiger partial charge on any atom is -0.330 e. The molecular formula is C14H29N3. The normalized spacial score (nSPS) is 30.2. The molecule has 3 heteroatoms. The van der Waals surface area contributed by atoms with Crippen LogP contribution in [0.2, 0.25) is 0 Å². The van der Waals surface area contributed by atoms with Gasteiger partial charge in [-0.2, -0.15) is 0 Å². The summed E-state index contributed by atoms with van der Waals surface area (Å²) in [5.74, 6) is 0. The standard InChI is InChI=1S/C14H29N3/c1-4-16(11-14(2,3)10-15)13-7-9-17-8-5-6-12(13)17/h12-13H,4-11,15H2,1-3H3. The number of fused-ring (bicyclic) bond motifs is 1. The molecule has 0 bridgehead atoms. The average Bonchev–Trinajstić information content (AvgIpc) is 2.88. The Morgan fingerprint density at radius 2 is 2.06 bits per heavy atom. The Labute approximate surface area is 106 Å². The largest absolute Gasteiger partial charge is 0.330 e. The maximum atomic E-state index is 5.88. The van der Waals surface area contributed by atoms with Crippen molar-refractivity contribution in [2.75, 3.05) is 32.7 Å². The lowest BCUT2D eigenvalue weighted by atomic mass is 9.91. The van der Waals surface area contributed by atoms with Crippen molar-refractivity contribution in [1.82, 2.24) is 9.80 Å². The Bertz CT molecular complexity index is 252. The number of nitrogens with zero attached hydrogens (tertiary/aromatic N) is 2. The Hall–Kier alpha value is -0.120. The summed E-state index contributed by atoms with van der Waals surface area (Å²) in [4.78, 5) is 5.38. The third kappa shape index (κ3) is 2.83. The molecule has 0 aromatic carbocycles. The molecule has 3 nitrogen and oxygen atoms in total. The van der Waals surface area contributed by atoms with Gasteiger partial charge >= 0.3 is 0 Å². The molecule has 2 heterocycles. The summed E-state index contributed by atoms with van der Waals surface area (Å²) in [6.45, 7) is 12.6. The van der Waals surface area contributed by atoms with Gasteiger partial charge in [-0.05, 0) is 44.3 Å². The van der Waals surface area contributed by atoms with Crippen LogP contribution < -0.4 is 5.73 Å². The van der Waals surface area contributed by atoms with Crippen LogP contribution >= 0.6 is 0 Å². The fraction of sp³-hybridized carbons (Fsp3) is 1.00. The van der Waals surface area contributed by atoms with E-state index >= 15 is 0 Å². The zero-order chi connectivity index (χ0) is 12.5. The highest BCUT2D eigenvalue weighted by atomic mass is 15.3. The van der Waals surface area contributed by atoms with E-state index in [1.165, 1.54) is 38.9 Å². The number of nitrogens with two attached hydrogens (primary N) is 1. The van der Waals surface area contributed by atoms with Crippen molar-refractivity contribution in [3.8, 4) is 0 Å². The van der Waals surface area contributed by atoms with Gasteiger partial charge in [-0.15, -0.1) is 0 Å². The maximum absolute atomic E-state index is 5.88. The van der Waals surface area contributed by atoms with E-state index in [4.69, 9.17) is 5.73 Å². The van der Waals surface area contributed by atoms with Crippen LogP contribution in [0.15, 0.2) is 0 Å². The molecule has 17 heavy (non-hydrogen) atoms. The van der Waals surface area contributed by atoms with Crippen LogP contribution in [0.3, 0.4) is 0 Å². The first-order valence-corrected chi connectivity index (χ1v) is 7.25. The molecule has 2 unspecified atom stereocenters. The lowest BCUT2D eigenvalue weighted by molar-refractivity contribution is 0.117. The van der Waals surface area contributed by atoms with Gasteiger partial charge in [0.25, 0.3) is 0 Å². The molecule has 2 rings (SSSR count). The Morgan fingerprint density at radius 3 is 2.71 bits per heavy atom. The SMILES string of the molecule is CCN(CC(C)(C)CN)C1CCN2CCCC12. The van der Waals surface area contributed by atoms with E-state index in [9.17, 15) is 0 Å². The van der Waals surface area contributed by atoms with E-state index in [2.05, 4.69) is 30.6 Å². The van der Waals surface area contributed by atoms with Crippen molar-refractivity contribution >= 4 is 0 Å². The van der Waals surface area contributed by atoms with Gasteiger partial charge in [0.2, 0.25) is 0 Å². The minimum atomic E-state index is 0.252. The van der Waals surface area contributed by atoms with Crippen molar-refractivity contribution in [1.29, 1.82) is 0 Å². The second kappa shape index (κ2) is 5.25. The monoisotopic (exact) mass is 239 g/mol. The zero-order valence-corrected chi connectivity index (χ0v) is 11.8. The molecule has 0 aromatic heterocycles. The van der Waals surface area contributed by atoms with E-state index in [1.54, 1.807) is 0 Å². The number of rotatable bonds is 5. The molecule has 2 saturated heterocycles. The fourth-order valence-electron chi connectivity index (χ4n) is 3.56. The van der Waals surface area contributed by atoms with Crippen LogP contribution in [0.1, 0.15) is 40.0 Å². The van der Waals surface area contributed by atoms with Crippen LogP contribution in [-0.4, -0.2) is 54.6 Å². The smallest absolute Gasteiger partial charge is 0.0263 e. The van der Waals surface area contributed by atoms with Gasteiger partial charge in [0.15, 0.2) is 0 Å². The van der Waals surface area contributed by atoms with Crippen molar-refractivity contribution in [2.24, 2.45) is 11.1 Å². The summed E-state index contributed by atoms with van der Waals surface area (Å²) in [6, 6.07) is 1.62. The molecule has 2 aliphatic heterocycles. The highest BCUT2D eigenvalue weighted by molar-refractivity contribution is 4.97. The molecule has 2 aliphatic rings. The predicted molar refractivity (Wildman–Crippen MR) is 73.1 cm³/mol. The highest BCUT2D eigenvalue weighted by Gasteiger charge is 2.40. The molecule has 2 atom stereocenters. The average molecular weight is 239 g/mol. The summed E-state index contributed by atoms with van der Waals surface area (Å²) in [7, 11) is 0. The van der Waals surface area contributed by atoms with Crippen LogP contribution in [0, 0.1) is 5.41 Å².